The number of ketones is 1. The van der Waals surface area contributed by atoms with Gasteiger partial charge in [-0.05, 0) is 80.0 Å². The lowest BCUT2D eigenvalue weighted by molar-refractivity contribution is -0.576. The van der Waals surface area contributed by atoms with Crippen LogP contribution in [0.1, 0.15) is 72.7 Å². The largest absolute Gasteiger partial charge is 0.493 e. The molecule has 9 nitrogen and oxygen atoms in total. The summed E-state index contributed by atoms with van der Waals surface area (Å²) in [6.45, 7) is 6.18. The summed E-state index contributed by atoms with van der Waals surface area (Å²) in [6, 6.07) is 11.9. The molecule has 5 aliphatic rings. The van der Waals surface area contributed by atoms with Gasteiger partial charge >= 0.3 is 5.97 Å². The predicted molar refractivity (Wildman–Crippen MR) is 152 cm³/mol. The average Bonchev–Trinajstić information content (AvgIpc) is 3.23. The number of carbonyl (C=O) groups excluding carboxylic acids is 2. The summed E-state index contributed by atoms with van der Waals surface area (Å²) in [7, 11) is 3.07. The van der Waals surface area contributed by atoms with Gasteiger partial charge in [0.1, 0.15) is 0 Å². The summed E-state index contributed by atoms with van der Waals surface area (Å²) in [5.41, 5.74) is 0.918. The number of hydrogen-bond donors (Lipinski definition) is 0. The zero-order valence-corrected chi connectivity index (χ0v) is 24.7. The average molecular weight is 579 g/mol. The maximum absolute atomic E-state index is 13.2. The summed E-state index contributed by atoms with van der Waals surface area (Å²) in [4.78, 5) is 37.9. The quantitative estimate of drug-likeness (QED) is 0.170. The van der Waals surface area contributed by atoms with Crippen LogP contribution in [0.15, 0.2) is 48.5 Å². The highest BCUT2D eigenvalue weighted by molar-refractivity contribution is 6.07. The van der Waals surface area contributed by atoms with Crippen LogP contribution in [0.25, 0.3) is 6.08 Å². The van der Waals surface area contributed by atoms with Crippen LogP contribution in [-0.2, 0) is 24.0 Å². The minimum absolute atomic E-state index is 0.0635. The van der Waals surface area contributed by atoms with Gasteiger partial charge in [-0.15, -0.1) is 0 Å². The minimum Gasteiger partial charge on any atom is -0.493 e. The molecular weight excluding hydrogens is 540 g/mol. The Kier molecular flexibility index (Phi) is 7.64. The number of methoxy groups -OCH3 is 2. The van der Waals surface area contributed by atoms with Crippen LogP contribution in [0.2, 0.25) is 0 Å². The van der Waals surface area contributed by atoms with Crippen LogP contribution in [0.4, 0.5) is 0 Å². The number of rotatable bonds is 7. The number of ether oxygens (including phenoxy) is 5. The zero-order valence-electron chi connectivity index (χ0n) is 24.7. The fourth-order valence-electron chi connectivity index (χ4n) is 7.17. The van der Waals surface area contributed by atoms with Gasteiger partial charge in [-0.1, -0.05) is 32.1 Å². The molecule has 42 heavy (non-hydrogen) atoms. The molecule has 4 heterocycles. The van der Waals surface area contributed by atoms with E-state index in [1.807, 2.05) is 13.8 Å². The molecule has 7 rings (SSSR count). The lowest BCUT2D eigenvalue weighted by Gasteiger charge is -2.59. The Labute approximate surface area is 245 Å². The molecule has 4 aliphatic heterocycles. The van der Waals surface area contributed by atoms with E-state index in [9.17, 15) is 9.59 Å². The van der Waals surface area contributed by atoms with E-state index in [-0.39, 0.29) is 23.5 Å². The van der Waals surface area contributed by atoms with Gasteiger partial charge in [0, 0.05) is 23.8 Å². The van der Waals surface area contributed by atoms with Gasteiger partial charge in [-0.3, -0.25) is 4.79 Å². The van der Waals surface area contributed by atoms with Gasteiger partial charge in [0.25, 0.3) is 0 Å². The van der Waals surface area contributed by atoms with E-state index in [1.165, 1.54) is 13.2 Å². The van der Waals surface area contributed by atoms with Crippen LogP contribution in [0, 0.1) is 23.7 Å². The molecule has 2 bridgehead atoms. The molecule has 1 spiro atoms. The Bertz CT molecular complexity index is 1370. The Balaban J connectivity index is 1.13. The first-order valence-electron chi connectivity index (χ1n) is 14.6. The molecule has 2 aromatic carbocycles. The van der Waals surface area contributed by atoms with Crippen molar-refractivity contribution >= 4 is 17.8 Å². The molecule has 0 N–H and O–H groups in total. The lowest BCUT2D eigenvalue weighted by atomic mass is 9.58. The SMILES string of the molecule is COc1ccc(C(=O)/C=C/c2ccc(C(=O)OC3O[C@@H]4O[C@]5(C)CC[C@H]6[C@H](C)CC[C@@H]([C@H]3C)[C@@]46OO5)cc2)cc1OC. The summed E-state index contributed by atoms with van der Waals surface area (Å²) in [6.07, 6.45) is 5.35. The van der Waals surface area contributed by atoms with Gasteiger partial charge in [0.15, 0.2) is 29.2 Å². The smallest absolute Gasteiger partial charge is 0.340 e. The third-order valence-corrected chi connectivity index (χ3v) is 9.56. The van der Waals surface area contributed by atoms with Gasteiger partial charge in [-0.2, -0.15) is 0 Å². The van der Waals surface area contributed by atoms with E-state index in [0.717, 1.165) is 31.2 Å². The van der Waals surface area contributed by atoms with Crippen LogP contribution in [-0.4, -0.2) is 49.9 Å². The molecule has 4 saturated heterocycles. The normalized spacial score (nSPS) is 35.3. The van der Waals surface area contributed by atoms with Crippen molar-refractivity contribution in [3.8, 4) is 11.5 Å². The molecular formula is C33H38O9. The second kappa shape index (κ2) is 11.1. The molecule has 9 heteroatoms. The molecule has 0 amide bonds. The number of allylic oxidation sites excluding steroid dienone is 1. The summed E-state index contributed by atoms with van der Waals surface area (Å²) < 4.78 is 29.2. The number of carbonyl (C=O) groups is 2. The second-order valence-electron chi connectivity index (χ2n) is 12.1. The fourth-order valence-corrected chi connectivity index (χ4v) is 7.17. The highest BCUT2D eigenvalue weighted by Crippen LogP contribution is 2.60. The van der Waals surface area contributed by atoms with Crippen molar-refractivity contribution < 1.29 is 43.0 Å². The highest BCUT2D eigenvalue weighted by atomic mass is 17.3. The van der Waals surface area contributed by atoms with Crippen LogP contribution in [0.5, 0.6) is 11.5 Å². The second-order valence-corrected chi connectivity index (χ2v) is 12.1. The first kappa shape index (κ1) is 28.9. The van der Waals surface area contributed by atoms with Crippen LogP contribution in [0.3, 0.4) is 0 Å². The molecule has 0 radical (unpaired) electrons. The topological polar surface area (TPSA) is 98.8 Å². The molecule has 1 unspecified atom stereocenters. The monoisotopic (exact) mass is 578 g/mol. The van der Waals surface area contributed by atoms with E-state index < -0.39 is 29.9 Å². The number of esters is 1. The van der Waals surface area contributed by atoms with Gasteiger partial charge < -0.3 is 23.7 Å². The molecule has 2 aromatic rings. The first-order chi connectivity index (χ1) is 20.2. The number of benzene rings is 2. The third-order valence-electron chi connectivity index (χ3n) is 9.56. The van der Waals surface area contributed by atoms with E-state index in [4.69, 9.17) is 33.5 Å². The fraction of sp³-hybridized carbons (Fsp3) is 0.515. The molecule has 224 valence electrons. The van der Waals surface area contributed by atoms with Gasteiger partial charge in [-0.25, -0.2) is 14.6 Å². The molecule has 8 atom stereocenters. The molecule has 1 saturated carbocycles. The van der Waals surface area contributed by atoms with Crippen molar-refractivity contribution in [1.82, 2.24) is 0 Å². The standard InChI is InChI=1S/C33H38O9/c1-19-6-13-25-20(2)30(39-31-33(25)24(19)16-17-32(3,40-31)41-42-33)38-29(35)22-10-7-21(8-11-22)9-14-26(34)23-12-15-27(36-4)28(18-23)37-5/h7-12,14-15,18-20,24-25,30-31H,6,13,16-17H2,1-5H3/b14-9+/t19-,20-,24+,25+,30?,31-,32+,33-/m1/s1. The highest BCUT2D eigenvalue weighted by Gasteiger charge is 2.69. The molecule has 1 aliphatic carbocycles. The Hall–Kier alpha value is -3.24. The lowest BCUT2D eigenvalue weighted by Crippen LogP contribution is -2.70. The maximum atomic E-state index is 13.2. The van der Waals surface area contributed by atoms with Gasteiger partial charge in [0.05, 0.1) is 19.8 Å². The Morgan fingerprint density at radius 2 is 1.64 bits per heavy atom. The maximum Gasteiger partial charge on any atom is 0.340 e. The predicted octanol–water partition coefficient (Wildman–Crippen LogP) is 5.96. The van der Waals surface area contributed by atoms with Crippen molar-refractivity contribution in [3.63, 3.8) is 0 Å². The van der Waals surface area contributed by atoms with Crippen LogP contribution < -0.4 is 9.47 Å². The summed E-state index contributed by atoms with van der Waals surface area (Å²) in [5, 5.41) is 0. The van der Waals surface area contributed by atoms with Crippen molar-refractivity contribution in [3.05, 3.63) is 65.2 Å². The van der Waals surface area contributed by atoms with Crippen molar-refractivity contribution in [2.45, 2.75) is 70.4 Å². The van der Waals surface area contributed by atoms with Crippen molar-refractivity contribution in [2.24, 2.45) is 23.7 Å². The van der Waals surface area contributed by atoms with Crippen molar-refractivity contribution in [2.75, 3.05) is 14.2 Å². The minimum atomic E-state index is -0.892. The zero-order chi connectivity index (χ0) is 29.6. The van der Waals surface area contributed by atoms with E-state index in [1.54, 1.807) is 55.7 Å². The van der Waals surface area contributed by atoms with E-state index in [2.05, 4.69) is 6.92 Å². The van der Waals surface area contributed by atoms with Crippen LogP contribution >= 0.6 is 0 Å². The molecule has 5 fully saturated rings. The third kappa shape index (κ3) is 4.92. The summed E-state index contributed by atoms with van der Waals surface area (Å²) >= 11 is 0. The number of fused-ring (bicyclic) bond motifs is 2. The Morgan fingerprint density at radius 1 is 0.905 bits per heavy atom. The molecule has 0 aromatic heterocycles. The summed E-state index contributed by atoms with van der Waals surface area (Å²) in [5.74, 6) is 0.121. The van der Waals surface area contributed by atoms with E-state index >= 15 is 0 Å². The van der Waals surface area contributed by atoms with Gasteiger partial charge in [0.2, 0.25) is 12.1 Å². The number of hydrogen-bond acceptors (Lipinski definition) is 9. The van der Waals surface area contributed by atoms with Crippen molar-refractivity contribution in [1.29, 1.82) is 0 Å². The van der Waals surface area contributed by atoms with E-state index in [0.29, 0.717) is 28.5 Å². The first-order valence-corrected chi connectivity index (χ1v) is 14.6. The Morgan fingerprint density at radius 3 is 2.38 bits per heavy atom.